The molecule has 7 heteroatoms. The summed E-state index contributed by atoms with van der Waals surface area (Å²) in [5, 5.41) is 21.6. The van der Waals surface area contributed by atoms with Crippen LogP contribution >= 0.6 is 15.9 Å². The molecule has 0 aromatic heterocycles. The van der Waals surface area contributed by atoms with E-state index in [1.165, 1.54) is 12.1 Å². The third-order valence-electron chi connectivity index (χ3n) is 5.39. The van der Waals surface area contributed by atoms with E-state index in [1.54, 1.807) is 6.07 Å². The molecule has 1 atom stereocenters. The van der Waals surface area contributed by atoms with Gasteiger partial charge in [0.15, 0.2) is 0 Å². The average Bonchev–Trinajstić information content (AvgIpc) is 3.08. The molecule has 1 unspecified atom stereocenters. The fourth-order valence-electron chi connectivity index (χ4n) is 3.92. The van der Waals surface area contributed by atoms with Crippen LogP contribution in [0.5, 0.6) is 5.75 Å². The number of ether oxygens (including phenoxy) is 1. The second-order valence-corrected chi connectivity index (χ2v) is 8.19. The zero-order chi connectivity index (χ0) is 22.0. The molecule has 3 N–H and O–H groups in total. The highest BCUT2D eigenvalue weighted by atomic mass is 79.9. The molecular formula is C24H20BrNO5. The molecule has 0 spiro atoms. The van der Waals surface area contributed by atoms with Crippen LogP contribution < -0.4 is 5.32 Å². The molecule has 3 aromatic carbocycles. The van der Waals surface area contributed by atoms with Gasteiger partial charge in [-0.1, -0.05) is 64.5 Å². The maximum atomic E-state index is 12.4. The molecule has 0 bridgehead atoms. The van der Waals surface area contributed by atoms with E-state index in [0.29, 0.717) is 10.0 Å². The van der Waals surface area contributed by atoms with Crippen LogP contribution in [-0.2, 0) is 16.0 Å². The van der Waals surface area contributed by atoms with Crippen LogP contribution in [0.15, 0.2) is 71.2 Å². The zero-order valence-electron chi connectivity index (χ0n) is 16.4. The van der Waals surface area contributed by atoms with Crippen molar-refractivity contribution in [3.63, 3.8) is 0 Å². The minimum absolute atomic E-state index is 0.00544. The lowest BCUT2D eigenvalue weighted by Gasteiger charge is -2.18. The van der Waals surface area contributed by atoms with E-state index >= 15 is 0 Å². The number of phenols is 1. The second-order valence-electron chi connectivity index (χ2n) is 7.34. The van der Waals surface area contributed by atoms with Gasteiger partial charge in [0.1, 0.15) is 18.4 Å². The maximum Gasteiger partial charge on any atom is 0.407 e. The molecule has 1 amide bonds. The average molecular weight is 482 g/mol. The van der Waals surface area contributed by atoms with Crippen molar-refractivity contribution in [1.82, 2.24) is 5.32 Å². The number of carboxylic acid groups (broad SMARTS) is 1. The van der Waals surface area contributed by atoms with Gasteiger partial charge in [-0.25, -0.2) is 9.59 Å². The molecule has 3 aromatic rings. The maximum absolute atomic E-state index is 12.4. The highest BCUT2D eigenvalue weighted by Crippen LogP contribution is 2.44. The van der Waals surface area contributed by atoms with Gasteiger partial charge in [0.2, 0.25) is 0 Å². The van der Waals surface area contributed by atoms with Crippen LogP contribution in [0.25, 0.3) is 11.1 Å². The van der Waals surface area contributed by atoms with Crippen molar-refractivity contribution in [1.29, 1.82) is 0 Å². The molecule has 0 radical (unpaired) electrons. The van der Waals surface area contributed by atoms with E-state index in [4.69, 9.17) is 4.74 Å². The van der Waals surface area contributed by atoms with Gasteiger partial charge >= 0.3 is 12.1 Å². The van der Waals surface area contributed by atoms with Crippen LogP contribution in [-0.4, -0.2) is 34.9 Å². The van der Waals surface area contributed by atoms with E-state index in [9.17, 15) is 19.8 Å². The number of carbonyl (C=O) groups excluding carboxylic acids is 1. The summed E-state index contributed by atoms with van der Waals surface area (Å²) in [6, 6.07) is 19.3. The quantitative estimate of drug-likeness (QED) is 0.474. The van der Waals surface area contributed by atoms with Gasteiger partial charge < -0.3 is 20.3 Å². The smallest absolute Gasteiger partial charge is 0.407 e. The zero-order valence-corrected chi connectivity index (χ0v) is 18.0. The van der Waals surface area contributed by atoms with Crippen molar-refractivity contribution in [3.8, 4) is 16.9 Å². The van der Waals surface area contributed by atoms with E-state index in [2.05, 4.69) is 21.2 Å². The summed E-state index contributed by atoms with van der Waals surface area (Å²) in [4.78, 5) is 24.1. The first-order valence-corrected chi connectivity index (χ1v) is 10.5. The molecule has 1 aliphatic carbocycles. The van der Waals surface area contributed by atoms with Crippen molar-refractivity contribution in [3.05, 3.63) is 87.9 Å². The van der Waals surface area contributed by atoms with E-state index in [0.717, 1.165) is 22.3 Å². The van der Waals surface area contributed by atoms with Crippen molar-refractivity contribution >= 4 is 28.0 Å². The molecule has 0 fully saturated rings. The number of aromatic hydroxyl groups is 1. The molecule has 0 aliphatic heterocycles. The normalized spacial score (nSPS) is 13.2. The number of alkyl carbamates (subject to hydrolysis) is 1. The summed E-state index contributed by atoms with van der Waals surface area (Å²) in [6.07, 6.45) is -0.806. The van der Waals surface area contributed by atoms with Crippen LogP contribution in [0.3, 0.4) is 0 Å². The molecule has 158 valence electrons. The van der Waals surface area contributed by atoms with Crippen LogP contribution in [0.1, 0.15) is 22.6 Å². The third-order valence-corrected chi connectivity index (χ3v) is 6.16. The monoisotopic (exact) mass is 481 g/mol. The molecule has 0 saturated heterocycles. The SMILES string of the molecule is O=C(NC(Cc1cc(O)ccc1Br)C(=O)O)OCC1c2ccccc2-c2ccccc21. The van der Waals surface area contributed by atoms with Gasteiger partial charge in [-0.2, -0.15) is 0 Å². The molecule has 6 nitrogen and oxygen atoms in total. The number of amides is 1. The van der Waals surface area contributed by atoms with Crippen molar-refractivity contribution in [2.45, 2.75) is 18.4 Å². The van der Waals surface area contributed by atoms with E-state index in [1.807, 2.05) is 48.5 Å². The first kappa shape index (κ1) is 20.9. The van der Waals surface area contributed by atoms with E-state index in [-0.39, 0.29) is 24.7 Å². The Labute approximate surface area is 187 Å². The minimum atomic E-state index is -1.20. The number of carbonyl (C=O) groups is 2. The Balaban J connectivity index is 1.45. The Bertz CT molecular complexity index is 1100. The Morgan fingerprint density at radius 2 is 1.61 bits per heavy atom. The summed E-state index contributed by atoms with van der Waals surface area (Å²) in [7, 11) is 0. The Morgan fingerprint density at radius 3 is 2.23 bits per heavy atom. The van der Waals surface area contributed by atoms with Crippen LogP contribution in [0, 0.1) is 0 Å². The third kappa shape index (κ3) is 4.41. The first-order valence-electron chi connectivity index (χ1n) is 9.75. The standard InChI is InChI=1S/C24H20BrNO5/c25-21-10-9-15(27)11-14(21)12-22(23(28)29)26-24(30)31-13-20-18-7-3-1-5-16(18)17-6-2-4-8-19(17)20/h1-11,20,22,27H,12-13H2,(H,26,30)(H,28,29). The number of benzene rings is 3. The summed E-state index contributed by atoms with van der Waals surface area (Å²) < 4.78 is 6.08. The second kappa shape index (κ2) is 8.81. The molecule has 0 saturated carbocycles. The van der Waals surface area contributed by atoms with Crippen molar-refractivity contribution < 1.29 is 24.5 Å². The molecule has 1 aliphatic rings. The topological polar surface area (TPSA) is 95.9 Å². The summed E-state index contributed by atoms with van der Waals surface area (Å²) in [5.74, 6) is -1.28. The molecule has 0 heterocycles. The number of rotatable bonds is 6. The first-order chi connectivity index (χ1) is 14.9. The predicted molar refractivity (Wildman–Crippen MR) is 119 cm³/mol. The van der Waals surface area contributed by atoms with Gasteiger partial charge in [-0.15, -0.1) is 0 Å². The largest absolute Gasteiger partial charge is 0.508 e. The van der Waals surface area contributed by atoms with Crippen molar-refractivity contribution in [2.24, 2.45) is 0 Å². The lowest BCUT2D eigenvalue weighted by Crippen LogP contribution is -2.43. The van der Waals surface area contributed by atoms with Crippen molar-refractivity contribution in [2.75, 3.05) is 6.61 Å². The van der Waals surface area contributed by atoms with E-state index < -0.39 is 18.1 Å². The summed E-state index contributed by atoms with van der Waals surface area (Å²) >= 11 is 3.33. The fraction of sp³-hybridized carbons (Fsp3) is 0.167. The number of hydrogen-bond acceptors (Lipinski definition) is 4. The highest BCUT2D eigenvalue weighted by Gasteiger charge is 2.30. The Hall–Kier alpha value is -3.32. The van der Waals surface area contributed by atoms with Crippen LogP contribution in [0.2, 0.25) is 0 Å². The Kier molecular flexibility index (Phi) is 5.95. The lowest BCUT2D eigenvalue weighted by molar-refractivity contribution is -0.139. The van der Waals surface area contributed by atoms with Gasteiger partial charge in [0, 0.05) is 16.8 Å². The molecule has 31 heavy (non-hydrogen) atoms. The summed E-state index contributed by atoms with van der Waals surface area (Å²) in [6.45, 7) is 0.0992. The highest BCUT2D eigenvalue weighted by molar-refractivity contribution is 9.10. The minimum Gasteiger partial charge on any atom is -0.508 e. The number of phenolic OH excluding ortho intramolecular Hbond substituents is 1. The van der Waals surface area contributed by atoms with Gasteiger partial charge in [0.05, 0.1) is 0 Å². The number of fused-ring (bicyclic) bond motifs is 3. The Morgan fingerprint density at radius 1 is 1.00 bits per heavy atom. The number of carboxylic acids is 1. The van der Waals surface area contributed by atoms with Crippen LogP contribution in [0.4, 0.5) is 4.79 Å². The lowest BCUT2D eigenvalue weighted by atomic mass is 9.98. The number of halogens is 1. The van der Waals surface area contributed by atoms with Gasteiger partial charge in [-0.3, -0.25) is 0 Å². The number of aliphatic carboxylic acids is 1. The van der Waals surface area contributed by atoms with Gasteiger partial charge in [-0.05, 0) is 46.0 Å². The molecular weight excluding hydrogens is 462 g/mol. The van der Waals surface area contributed by atoms with Gasteiger partial charge in [0.25, 0.3) is 0 Å². The summed E-state index contributed by atoms with van der Waals surface area (Å²) in [5.41, 5.74) is 4.95. The fourth-order valence-corrected chi connectivity index (χ4v) is 4.33. The number of hydrogen-bond donors (Lipinski definition) is 3. The predicted octanol–water partition coefficient (Wildman–Crippen LogP) is 4.69. The molecule has 4 rings (SSSR count). The number of nitrogens with one attached hydrogen (secondary N) is 1.